The van der Waals surface area contributed by atoms with Gasteiger partial charge in [0.15, 0.2) is 17.3 Å². The van der Waals surface area contributed by atoms with Crippen molar-refractivity contribution >= 4 is 38.9 Å². The number of imidazole rings is 1. The highest BCUT2D eigenvalue weighted by Crippen LogP contribution is 2.32. The van der Waals surface area contributed by atoms with Crippen LogP contribution in [0.1, 0.15) is 16.2 Å². The van der Waals surface area contributed by atoms with Gasteiger partial charge >= 0.3 is 0 Å². The summed E-state index contributed by atoms with van der Waals surface area (Å²) in [5.74, 6) is 0.628. The molecule has 0 unspecified atom stereocenters. The molecule has 0 spiro atoms. The van der Waals surface area contributed by atoms with E-state index in [4.69, 9.17) is 25.4 Å². The van der Waals surface area contributed by atoms with Crippen LogP contribution in [-0.4, -0.2) is 94.3 Å². The first-order valence-corrected chi connectivity index (χ1v) is 13.4. The minimum absolute atomic E-state index is 0.00679. The van der Waals surface area contributed by atoms with Gasteiger partial charge in [-0.2, -0.15) is 4.31 Å². The normalized spacial score (nSPS) is 15.5. The standard InChI is InChI=1S/C25H31N7O6S/c1-31-7-9-32(10-8-31)39(34,35)15-5-6-20(36-2)16(11-15)25(33)30-19(14-26)23(27)24-28-17-12-21(37-3)22(38-4)13-18(17)29-24/h5-6,11-14,26H,7-10,27H2,1-4H3,(H,28,29)(H,30,33). The van der Waals surface area contributed by atoms with Crippen molar-refractivity contribution in [2.24, 2.45) is 5.73 Å². The minimum Gasteiger partial charge on any atom is -0.496 e. The number of likely N-dealkylation sites (N-methyl/N-ethyl adjacent to an activating group) is 1. The van der Waals surface area contributed by atoms with Crippen molar-refractivity contribution in [1.82, 2.24) is 24.5 Å². The third kappa shape index (κ3) is 5.53. The van der Waals surface area contributed by atoms with Gasteiger partial charge in [0.2, 0.25) is 10.0 Å². The van der Waals surface area contributed by atoms with Crippen LogP contribution >= 0.6 is 0 Å². The molecule has 0 saturated carbocycles. The number of piperazine rings is 1. The van der Waals surface area contributed by atoms with E-state index >= 15 is 0 Å². The Labute approximate surface area is 226 Å². The molecule has 39 heavy (non-hydrogen) atoms. The van der Waals surface area contributed by atoms with Crippen molar-refractivity contribution in [1.29, 1.82) is 5.41 Å². The number of benzene rings is 2. The van der Waals surface area contributed by atoms with Crippen LogP contribution in [0.2, 0.25) is 0 Å². The van der Waals surface area contributed by atoms with E-state index in [1.54, 1.807) is 12.1 Å². The Morgan fingerprint density at radius 1 is 1.05 bits per heavy atom. The largest absolute Gasteiger partial charge is 0.496 e. The Morgan fingerprint density at radius 2 is 1.69 bits per heavy atom. The fourth-order valence-electron chi connectivity index (χ4n) is 4.17. The lowest BCUT2D eigenvalue weighted by molar-refractivity contribution is 0.0965. The van der Waals surface area contributed by atoms with E-state index in [0.29, 0.717) is 48.7 Å². The average molecular weight is 558 g/mol. The summed E-state index contributed by atoms with van der Waals surface area (Å²) in [4.78, 5) is 22.8. The molecule has 2 aromatic carbocycles. The minimum atomic E-state index is -3.83. The number of rotatable bonds is 9. The Morgan fingerprint density at radius 3 is 2.31 bits per heavy atom. The number of ether oxygens (including phenoxy) is 3. The van der Waals surface area contributed by atoms with E-state index in [0.717, 1.165) is 6.21 Å². The molecule has 5 N–H and O–H groups in total. The summed E-state index contributed by atoms with van der Waals surface area (Å²) in [5.41, 5.74) is 7.33. The Bertz CT molecular complexity index is 1500. The summed E-state index contributed by atoms with van der Waals surface area (Å²) < 4.78 is 43.8. The summed E-state index contributed by atoms with van der Waals surface area (Å²) >= 11 is 0. The van der Waals surface area contributed by atoms with E-state index in [9.17, 15) is 13.2 Å². The Kier molecular flexibility index (Phi) is 8.09. The zero-order valence-electron chi connectivity index (χ0n) is 22.1. The van der Waals surface area contributed by atoms with Gasteiger partial charge in [-0.15, -0.1) is 0 Å². The number of aromatic amines is 1. The van der Waals surface area contributed by atoms with E-state index in [1.165, 1.54) is 43.8 Å². The zero-order valence-corrected chi connectivity index (χ0v) is 22.9. The highest BCUT2D eigenvalue weighted by atomic mass is 32.2. The Balaban J connectivity index is 1.66. The molecule has 1 amide bonds. The summed E-state index contributed by atoms with van der Waals surface area (Å²) in [5, 5.41) is 10.4. The van der Waals surface area contributed by atoms with Crippen LogP contribution in [0.25, 0.3) is 16.7 Å². The quantitative estimate of drug-likeness (QED) is 0.282. The molecule has 2 heterocycles. The number of sulfonamides is 1. The predicted octanol–water partition coefficient (Wildman–Crippen LogP) is 1.23. The number of aromatic nitrogens is 2. The summed E-state index contributed by atoms with van der Waals surface area (Å²) in [7, 11) is 2.49. The molecule has 3 aromatic rings. The van der Waals surface area contributed by atoms with Gasteiger partial charge in [0.1, 0.15) is 11.4 Å². The number of hydrogen-bond acceptors (Lipinski definition) is 10. The van der Waals surface area contributed by atoms with Gasteiger partial charge in [-0.05, 0) is 25.2 Å². The lowest BCUT2D eigenvalue weighted by atomic mass is 10.1. The average Bonchev–Trinajstić information content (AvgIpc) is 3.37. The monoisotopic (exact) mass is 557 g/mol. The van der Waals surface area contributed by atoms with E-state index in [-0.39, 0.29) is 33.4 Å². The molecule has 1 aliphatic heterocycles. The summed E-state index contributed by atoms with van der Waals surface area (Å²) in [6, 6.07) is 7.45. The molecular weight excluding hydrogens is 526 g/mol. The predicted molar refractivity (Wildman–Crippen MR) is 146 cm³/mol. The second-order valence-corrected chi connectivity index (χ2v) is 10.7. The van der Waals surface area contributed by atoms with E-state index in [2.05, 4.69) is 15.3 Å². The number of nitrogens with two attached hydrogens (primary N) is 1. The van der Waals surface area contributed by atoms with Crippen LogP contribution in [0, 0.1) is 5.41 Å². The summed E-state index contributed by atoms with van der Waals surface area (Å²) in [6.07, 6.45) is 0.874. The van der Waals surface area contributed by atoms with Gasteiger partial charge in [-0.3, -0.25) is 4.79 Å². The summed E-state index contributed by atoms with van der Waals surface area (Å²) in [6.45, 7) is 1.91. The number of amides is 1. The van der Waals surface area contributed by atoms with E-state index < -0.39 is 15.9 Å². The molecule has 1 aliphatic rings. The van der Waals surface area contributed by atoms with Crippen molar-refractivity contribution in [3.8, 4) is 17.2 Å². The van der Waals surface area contributed by atoms with Gasteiger partial charge in [-0.25, -0.2) is 13.4 Å². The van der Waals surface area contributed by atoms with Crippen LogP contribution in [0.15, 0.2) is 40.9 Å². The molecule has 13 nitrogen and oxygen atoms in total. The number of H-pyrrole nitrogens is 1. The molecule has 0 radical (unpaired) electrons. The zero-order chi connectivity index (χ0) is 28.3. The second kappa shape index (κ2) is 11.3. The second-order valence-electron chi connectivity index (χ2n) is 8.81. The smallest absolute Gasteiger partial charge is 0.259 e. The fourth-order valence-corrected chi connectivity index (χ4v) is 5.61. The van der Waals surface area contributed by atoms with Crippen molar-refractivity contribution < 1.29 is 27.4 Å². The molecule has 14 heteroatoms. The number of carbonyl (C=O) groups excluding carboxylic acids is 1. The topological polar surface area (TPSA) is 176 Å². The molecule has 4 rings (SSSR count). The van der Waals surface area contributed by atoms with E-state index in [1.807, 2.05) is 11.9 Å². The SMILES string of the molecule is COc1cc2nc(C(N)=C(C=N)NC(=O)c3cc(S(=O)(=O)N4CCN(C)CC4)ccc3OC)[nH]c2cc1OC. The molecule has 0 bridgehead atoms. The molecule has 1 saturated heterocycles. The van der Waals surface area contributed by atoms with Crippen molar-refractivity contribution in [2.45, 2.75) is 4.90 Å². The third-order valence-electron chi connectivity index (χ3n) is 6.44. The third-order valence-corrected chi connectivity index (χ3v) is 8.34. The number of hydrogen-bond donors (Lipinski definition) is 4. The van der Waals surface area contributed by atoms with Gasteiger partial charge in [0.25, 0.3) is 5.91 Å². The van der Waals surface area contributed by atoms with Crippen molar-refractivity contribution in [2.75, 3.05) is 54.6 Å². The molecule has 0 aliphatic carbocycles. The van der Waals surface area contributed by atoms with Gasteiger partial charge in [0, 0.05) is 44.5 Å². The molecule has 0 atom stereocenters. The fraction of sp³-hybridized carbons (Fsp3) is 0.320. The highest BCUT2D eigenvalue weighted by Gasteiger charge is 2.29. The Hall–Kier alpha value is -4.14. The maximum Gasteiger partial charge on any atom is 0.259 e. The maximum atomic E-state index is 13.3. The number of nitrogens with zero attached hydrogens (tertiary/aromatic N) is 3. The van der Waals surface area contributed by atoms with Crippen LogP contribution in [-0.2, 0) is 10.0 Å². The number of carbonyl (C=O) groups is 1. The number of allylic oxidation sites excluding steroid dienone is 1. The first kappa shape index (κ1) is 27.9. The van der Waals surface area contributed by atoms with Gasteiger partial charge < -0.3 is 40.6 Å². The van der Waals surface area contributed by atoms with Crippen LogP contribution < -0.4 is 25.3 Å². The highest BCUT2D eigenvalue weighted by molar-refractivity contribution is 7.89. The number of methoxy groups -OCH3 is 3. The first-order chi connectivity index (χ1) is 18.6. The molecular formula is C25H31N7O6S. The van der Waals surface area contributed by atoms with Crippen LogP contribution in [0.5, 0.6) is 17.2 Å². The maximum absolute atomic E-state index is 13.3. The first-order valence-electron chi connectivity index (χ1n) is 11.9. The van der Waals surface area contributed by atoms with Crippen LogP contribution in [0.4, 0.5) is 0 Å². The molecule has 208 valence electrons. The number of fused-ring (bicyclic) bond motifs is 1. The molecule has 1 fully saturated rings. The lowest BCUT2D eigenvalue weighted by Gasteiger charge is -2.31. The van der Waals surface area contributed by atoms with Gasteiger partial charge in [-0.1, -0.05) is 0 Å². The number of nitrogens with one attached hydrogen (secondary N) is 3. The van der Waals surface area contributed by atoms with Gasteiger partial charge in [0.05, 0.1) is 48.5 Å². The van der Waals surface area contributed by atoms with Crippen molar-refractivity contribution in [3.63, 3.8) is 0 Å². The van der Waals surface area contributed by atoms with Crippen LogP contribution in [0.3, 0.4) is 0 Å². The lowest BCUT2D eigenvalue weighted by Crippen LogP contribution is -2.47. The van der Waals surface area contributed by atoms with Crippen molar-refractivity contribution in [3.05, 3.63) is 47.4 Å². The molecule has 1 aromatic heterocycles.